The van der Waals surface area contributed by atoms with Gasteiger partial charge >= 0.3 is 0 Å². The van der Waals surface area contributed by atoms with Crippen LogP contribution in [-0.2, 0) is 0 Å². The summed E-state index contributed by atoms with van der Waals surface area (Å²) in [6.07, 6.45) is 1.57. The molecule has 142 valence electrons. The molecule has 28 heavy (non-hydrogen) atoms. The van der Waals surface area contributed by atoms with E-state index in [4.69, 9.17) is 0 Å². The molecule has 6 nitrogen and oxygen atoms in total. The molecule has 0 fully saturated rings. The number of amides is 2. The van der Waals surface area contributed by atoms with Crippen molar-refractivity contribution >= 4 is 40.7 Å². The summed E-state index contributed by atoms with van der Waals surface area (Å²) in [7, 11) is 3.94. The number of carbonyl (C=O) groups is 2. The van der Waals surface area contributed by atoms with Crippen molar-refractivity contribution in [3.63, 3.8) is 0 Å². The molecular weight excluding hydrogens is 372 g/mol. The first-order valence-corrected chi connectivity index (χ1v) is 9.47. The molecule has 0 aliphatic carbocycles. The van der Waals surface area contributed by atoms with Crippen LogP contribution in [0.1, 0.15) is 25.6 Å². The molecule has 3 rings (SSSR count). The smallest absolute Gasteiger partial charge is 0.273 e. The van der Waals surface area contributed by atoms with E-state index < -0.39 is 5.91 Å². The van der Waals surface area contributed by atoms with Crippen LogP contribution in [0.4, 0.5) is 11.4 Å². The number of para-hydroxylation sites is 1. The molecular formula is C21H20N4O2S. The second-order valence-electron chi connectivity index (χ2n) is 6.16. The molecule has 0 aliphatic rings. The minimum Gasteiger partial charge on any atom is -0.378 e. The van der Waals surface area contributed by atoms with Gasteiger partial charge in [-0.2, -0.15) is 5.10 Å². The molecule has 2 N–H and O–H groups in total. The SMILES string of the molecule is CN(C)c1ccc(C=NNC(=O)c2ccccc2NC(=O)c2cccs2)cc1. The lowest BCUT2D eigenvalue weighted by Crippen LogP contribution is -2.21. The Morgan fingerprint density at radius 3 is 2.39 bits per heavy atom. The molecule has 0 radical (unpaired) electrons. The minimum atomic E-state index is -0.400. The highest BCUT2D eigenvalue weighted by molar-refractivity contribution is 7.12. The molecule has 0 saturated heterocycles. The third-order valence-corrected chi connectivity index (χ3v) is 4.82. The lowest BCUT2D eigenvalue weighted by molar-refractivity contribution is 0.0956. The summed E-state index contributed by atoms with van der Waals surface area (Å²) in [6.45, 7) is 0. The Morgan fingerprint density at radius 1 is 0.964 bits per heavy atom. The van der Waals surface area contributed by atoms with E-state index in [1.165, 1.54) is 11.3 Å². The van der Waals surface area contributed by atoms with E-state index in [1.54, 1.807) is 42.6 Å². The Balaban J connectivity index is 1.66. The van der Waals surface area contributed by atoms with Crippen LogP contribution < -0.4 is 15.6 Å². The van der Waals surface area contributed by atoms with Crippen LogP contribution in [0.5, 0.6) is 0 Å². The number of hydrazone groups is 1. The number of nitrogens with one attached hydrogen (secondary N) is 2. The van der Waals surface area contributed by atoms with Gasteiger partial charge in [-0.25, -0.2) is 5.43 Å². The first-order chi connectivity index (χ1) is 13.5. The van der Waals surface area contributed by atoms with Crippen molar-refractivity contribution in [2.75, 3.05) is 24.3 Å². The molecule has 0 saturated carbocycles. The van der Waals surface area contributed by atoms with E-state index in [-0.39, 0.29) is 5.91 Å². The van der Waals surface area contributed by atoms with Crippen LogP contribution in [0, 0.1) is 0 Å². The molecule has 2 amide bonds. The Morgan fingerprint density at radius 2 is 1.71 bits per heavy atom. The zero-order chi connectivity index (χ0) is 19.9. The average molecular weight is 392 g/mol. The lowest BCUT2D eigenvalue weighted by atomic mass is 10.1. The van der Waals surface area contributed by atoms with E-state index in [2.05, 4.69) is 15.8 Å². The first kappa shape index (κ1) is 19.3. The summed E-state index contributed by atoms with van der Waals surface area (Å²) in [5.41, 5.74) is 5.23. The maximum Gasteiger partial charge on any atom is 0.273 e. The van der Waals surface area contributed by atoms with E-state index in [9.17, 15) is 9.59 Å². The number of rotatable bonds is 6. The fourth-order valence-electron chi connectivity index (χ4n) is 2.47. The predicted octanol–water partition coefficient (Wildman–Crippen LogP) is 3.83. The van der Waals surface area contributed by atoms with Crippen molar-refractivity contribution < 1.29 is 9.59 Å². The predicted molar refractivity (Wildman–Crippen MR) is 115 cm³/mol. The highest BCUT2D eigenvalue weighted by Crippen LogP contribution is 2.18. The van der Waals surface area contributed by atoms with Gasteiger partial charge in [0.05, 0.1) is 22.3 Å². The Bertz CT molecular complexity index is 980. The number of thiophene rings is 1. The van der Waals surface area contributed by atoms with E-state index in [0.29, 0.717) is 16.1 Å². The quantitative estimate of drug-likeness (QED) is 0.495. The zero-order valence-electron chi connectivity index (χ0n) is 15.5. The fourth-order valence-corrected chi connectivity index (χ4v) is 3.08. The van der Waals surface area contributed by atoms with Gasteiger partial charge in [-0.3, -0.25) is 9.59 Å². The van der Waals surface area contributed by atoms with Gasteiger partial charge in [0.2, 0.25) is 0 Å². The van der Waals surface area contributed by atoms with Crippen LogP contribution in [0.25, 0.3) is 0 Å². The van der Waals surface area contributed by atoms with E-state index in [0.717, 1.165) is 11.3 Å². The second-order valence-corrected chi connectivity index (χ2v) is 7.11. The minimum absolute atomic E-state index is 0.250. The Labute approximate surface area is 167 Å². The number of carbonyl (C=O) groups excluding carboxylic acids is 2. The lowest BCUT2D eigenvalue weighted by Gasteiger charge is -2.11. The number of anilines is 2. The third-order valence-electron chi connectivity index (χ3n) is 3.95. The number of benzene rings is 2. The number of hydrogen-bond acceptors (Lipinski definition) is 5. The normalized spacial score (nSPS) is 10.6. The Hall–Kier alpha value is -3.45. The molecule has 0 atom stereocenters. The molecule has 0 unspecified atom stereocenters. The summed E-state index contributed by atoms with van der Waals surface area (Å²) in [6, 6.07) is 18.1. The van der Waals surface area contributed by atoms with Gasteiger partial charge in [0.15, 0.2) is 0 Å². The molecule has 0 bridgehead atoms. The van der Waals surface area contributed by atoms with Gasteiger partial charge in [0.25, 0.3) is 11.8 Å². The van der Waals surface area contributed by atoms with Crippen molar-refractivity contribution in [1.29, 1.82) is 0 Å². The van der Waals surface area contributed by atoms with Gasteiger partial charge in [0.1, 0.15) is 0 Å². The monoisotopic (exact) mass is 392 g/mol. The fraction of sp³-hybridized carbons (Fsp3) is 0.0952. The highest BCUT2D eigenvalue weighted by atomic mass is 32.1. The van der Waals surface area contributed by atoms with Gasteiger partial charge in [-0.1, -0.05) is 30.3 Å². The largest absolute Gasteiger partial charge is 0.378 e. The number of nitrogens with zero attached hydrogens (tertiary/aromatic N) is 2. The topological polar surface area (TPSA) is 73.8 Å². The molecule has 1 aromatic heterocycles. The van der Waals surface area contributed by atoms with E-state index in [1.807, 2.05) is 48.6 Å². The standard InChI is InChI=1S/C21H20N4O2S/c1-25(2)16-11-9-15(10-12-16)14-22-24-20(26)17-6-3-4-7-18(17)23-21(27)19-8-5-13-28-19/h3-14H,1-2H3,(H,23,27)(H,24,26). The van der Waals surface area contributed by atoms with Crippen molar-refractivity contribution in [2.24, 2.45) is 5.10 Å². The van der Waals surface area contributed by atoms with Gasteiger partial charge in [0, 0.05) is 19.8 Å². The average Bonchev–Trinajstić information content (AvgIpc) is 3.24. The van der Waals surface area contributed by atoms with Crippen LogP contribution in [-0.4, -0.2) is 32.1 Å². The van der Waals surface area contributed by atoms with Crippen LogP contribution in [0.15, 0.2) is 71.1 Å². The molecule has 2 aromatic carbocycles. The molecule has 1 heterocycles. The summed E-state index contributed by atoms with van der Waals surface area (Å²) in [5.74, 6) is -0.650. The summed E-state index contributed by atoms with van der Waals surface area (Å²) in [4.78, 5) is 27.3. The van der Waals surface area contributed by atoms with Gasteiger partial charge in [-0.15, -0.1) is 11.3 Å². The van der Waals surface area contributed by atoms with Crippen molar-refractivity contribution in [3.05, 3.63) is 82.0 Å². The first-order valence-electron chi connectivity index (χ1n) is 8.59. The second kappa shape index (κ2) is 8.96. The zero-order valence-corrected chi connectivity index (χ0v) is 16.4. The Kier molecular flexibility index (Phi) is 6.18. The third kappa shape index (κ3) is 4.83. The van der Waals surface area contributed by atoms with Crippen molar-refractivity contribution in [2.45, 2.75) is 0 Å². The number of hydrogen-bond donors (Lipinski definition) is 2. The van der Waals surface area contributed by atoms with Crippen molar-refractivity contribution in [3.8, 4) is 0 Å². The van der Waals surface area contributed by atoms with Crippen LogP contribution in [0.3, 0.4) is 0 Å². The molecule has 3 aromatic rings. The molecule has 7 heteroatoms. The van der Waals surface area contributed by atoms with Crippen LogP contribution in [0.2, 0.25) is 0 Å². The summed E-state index contributed by atoms with van der Waals surface area (Å²) in [5, 5.41) is 8.61. The maximum atomic E-state index is 12.5. The van der Waals surface area contributed by atoms with Crippen molar-refractivity contribution in [1.82, 2.24) is 5.43 Å². The van der Waals surface area contributed by atoms with E-state index >= 15 is 0 Å². The highest BCUT2D eigenvalue weighted by Gasteiger charge is 2.14. The maximum absolute atomic E-state index is 12.5. The molecule has 0 spiro atoms. The van der Waals surface area contributed by atoms with Gasteiger partial charge in [-0.05, 0) is 41.3 Å². The summed E-state index contributed by atoms with van der Waals surface area (Å²) < 4.78 is 0. The molecule has 0 aliphatic heterocycles. The summed E-state index contributed by atoms with van der Waals surface area (Å²) >= 11 is 1.34. The van der Waals surface area contributed by atoms with Gasteiger partial charge < -0.3 is 10.2 Å². The van der Waals surface area contributed by atoms with Crippen LogP contribution >= 0.6 is 11.3 Å².